The van der Waals surface area contributed by atoms with Crippen molar-refractivity contribution in [2.24, 2.45) is 4.99 Å². The van der Waals surface area contributed by atoms with Crippen molar-refractivity contribution in [1.82, 2.24) is 25.2 Å². The predicted octanol–water partition coefficient (Wildman–Crippen LogP) is 3.18. The number of aryl methyl sites for hydroxylation is 2. The first-order valence-electron chi connectivity index (χ1n) is 7.56. The second kappa shape index (κ2) is 8.65. The molecule has 0 aliphatic heterocycles. The fourth-order valence-corrected chi connectivity index (χ4v) is 2.78. The third-order valence-electron chi connectivity index (χ3n) is 3.74. The minimum atomic E-state index is 0. The van der Waals surface area contributed by atoms with E-state index in [1.807, 2.05) is 42.8 Å². The van der Waals surface area contributed by atoms with Gasteiger partial charge in [-0.1, -0.05) is 5.16 Å². The van der Waals surface area contributed by atoms with Gasteiger partial charge in [-0.2, -0.15) is 0 Å². The van der Waals surface area contributed by atoms with Crippen LogP contribution in [0, 0.1) is 13.8 Å². The fraction of sp³-hybridized carbons (Fsp3) is 0.312. The molecule has 25 heavy (non-hydrogen) atoms. The zero-order valence-corrected chi connectivity index (χ0v) is 18.1. The second-order valence-corrected chi connectivity index (χ2v) is 6.34. The highest BCUT2D eigenvalue weighted by Crippen LogP contribution is 2.13. The van der Waals surface area contributed by atoms with E-state index in [1.54, 1.807) is 7.05 Å². The molecule has 0 aliphatic carbocycles. The number of halogens is 2. The lowest BCUT2D eigenvalue weighted by molar-refractivity contribution is 0.392. The summed E-state index contributed by atoms with van der Waals surface area (Å²) in [4.78, 5) is 8.80. The standard InChI is InChI=1S/C16H19BrN6O.HI/c1-10-14(11(2)24-22-10)7-20-16(18-3)19-6-13-9-23-8-12(17)4-5-15(23)21-13;/h4-5,8-9H,6-7H2,1-3H3,(H2,18,19,20);1H. The molecule has 134 valence electrons. The van der Waals surface area contributed by atoms with Crippen molar-refractivity contribution >= 4 is 51.5 Å². The van der Waals surface area contributed by atoms with Gasteiger partial charge in [0.25, 0.3) is 0 Å². The van der Waals surface area contributed by atoms with E-state index >= 15 is 0 Å². The Hall–Kier alpha value is -1.62. The maximum absolute atomic E-state index is 5.17. The first-order chi connectivity index (χ1) is 11.6. The van der Waals surface area contributed by atoms with Crippen LogP contribution in [0.4, 0.5) is 0 Å². The molecule has 0 unspecified atom stereocenters. The molecule has 2 N–H and O–H groups in total. The molecule has 0 aliphatic rings. The summed E-state index contributed by atoms with van der Waals surface area (Å²) in [5, 5.41) is 10.5. The number of aliphatic imine (C=N–C) groups is 1. The van der Waals surface area contributed by atoms with Crippen LogP contribution in [0.1, 0.15) is 22.7 Å². The van der Waals surface area contributed by atoms with Crippen LogP contribution in [0.25, 0.3) is 5.65 Å². The summed E-state index contributed by atoms with van der Waals surface area (Å²) >= 11 is 3.46. The molecule has 0 amide bonds. The van der Waals surface area contributed by atoms with Crippen molar-refractivity contribution in [2.75, 3.05) is 7.05 Å². The van der Waals surface area contributed by atoms with Gasteiger partial charge in [-0.05, 0) is 41.9 Å². The lowest BCUT2D eigenvalue weighted by Crippen LogP contribution is -2.36. The van der Waals surface area contributed by atoms with Gasteiger partial charge in [0.1, 0.15) is 11.4 Å². The van der Waals surface area contributed by atoms with Crippen molar-refractivity contribution < 1.29 is 4.52 Å². The van der Waals surface area contributed by atoms with Gasteiger partial charge in [0, 0.05) is 36.0 Å². The largest absolute Gasteiger partial charge is 0.361 e. The van der Waals surface area contributed by atoms with Crippen LogP contribution in [0.5, 0.6) is 0 Å². The Bertz CT molecular complexity index is 869. The maximum atomic E-state index is 5.17. The van der Waals surface area contributed by atoms with Gasteiger partial charge >= 0.3 is 0 Å². The molecule has 0 saturated heterocycles. The molecule has 3 heterocycles. The highest BCUT2D eigenvalue weighted by Gasteiger charge is 2.09. The van der Waals surface area contributed by atoms with E-state index in [9.17, 15) is 0 Å². The van der Waals surface area contributed by atoms with Gasteiger partial charge in [0.15, 0.2) is 5.96 Å². The zero-order chi connectivity index (χ0) is 17.1. The first kappa shape index (κ1) is 19.7. The summed E-state index contributed by atoms with van der Waals surface area (Å²) in [5.41, 5.74) is 3.79. The smallest absolute Gasteiger partial charge is 0.191 e. The Morgan fingerprint density at radius 2 is 2.00 bits per heavy atom. The lowest BCUT2D eigenvalue weighted by atomic mass is 10.2. The highest BCUT2D eigenvalue weighted by molar-refractivity contribution is 14.0. The molecular formula is C16H20BrIN6O. The quantitative estimate of drug-likeness (QED) is 0.315. The van der Waals surface area contributed by atoms with Gasteiger partial charge in [-0.3, -0.25) is 4.99 Å². The van der Waals surface area contributed by atoms with Crippen molar-refractivity contribution in [2.45, 2.75) is 26.9 Å². The van der Waals surface area contributed by atoms with Crippen molar-refractivity contribution in [3.05, 3.63) is 51.7 Å². The van der Waals surface area contributed by atoms with Crippen LogP contribution in [-0.4, -0.2) is 27.5 Å². The van der Waals surface area contributed by atoms with E-state index in [-0.39, 0.29) is 24.0 Å². The molecule has 9 heteroatoms. The van der Waals surface area contributed by atoms with Crippen LogP contribution in [0.3, 0.4) is 0 Å². The van der Waals surface area contributed by atoms with Gasteiger partial charge in [-0.15, -0.1) is 24.0 Å². The number of fused-ring (bicyclic) bond motifs is 1. The summed E-state index contributed by atoms with van der Waals surface area (Å²) in [7, 11) is 1.74. The second-order valence-electron chi connectivity index (χ2n) is 5.43. The number of imidazole rings is 1. The molecule has 3 rings (SSSR count). The fourth-order valence-electron chi connectivity index (χ4n) is 2.42. The van der Waals surface area contributed by atoms with E-state index in [2.05, 4.69) is 41.7 Å². The molecule has 0 atom stereocenters. The van der Waals surface area contributed by atoms with E-state index in [0.29, 0.717) is 19.0 Å². The summed E-state index contributed by atoms with van der Waals surface area (Å²) in [6.07, 6.45) is 3.98. The number of nitrogens with one attached hydrogen (secondary N) is 2. The Balaban J connectivity index is 0.00000225. The Morgan fingerprint density at radius 1 is 1.24 bits per heavy atom. The molecule has 0 radical (unpaired) electrons. The highest BCUT2D eigenvalue weighted by atomic mass is 127. The van der Waals surface area contributed by atoms with Gasteiger partial charge in [0.2, 0.25) is 0 Å². The van der Waals surface area contributed by atoms with Crippen LogP contribution < -0.4 is 10.6 Å². The first-order valence-corrected chi connectivity index (χ1v) is 8.35. The number of aromatic nitrogens is 3. The molecule has 0 aromatic carbocycles. The third-order valence-corrected chi connectivity index (χ3v) is 4.21. The minimum absolute atomic E-state index is 0. The molecule has 7 nitrogen and oxygen atoms in total. The van der Waals surface area contributed by atoms with Crippen LogP contribution in [0.2, 0.25) is 0 Å². The summed E-state index contributed by atoms with van der Waals surface area (Å²) < 4.78 is 8.17. The zero-order valence-electron chi connectivity index (χ0n) is 14.2. The average molecular weight is 519 g/mol. The minimum Gasteiger partial charge on any atom is -0.361 e. The molecule has 0 saturated carbocycles. The molecule has 0 spiro atoms. The van der Waals surface area contributed by atoms with Crippen LogP contribution >= 0.6 is 39.9 Å². The van der Waals surface area contributed by atoms with Crippen LogP contribution in [-0.2, 0) is 13.1 Å². The molecule has 3 aromatic rings. The Kier molecular flexibility index (Phi) is 6.82. The van der Waals surface area contributed by atoms with Gasteiger partial charge < -0.3 is 19.6 Å². The summed E-state index contributed by atoms with van der Waals surface area (Å²) in [6.45, 7) is 5.03. The number of guanidine groups is 1. The summed E-state index contributed by atoms with van der Waals surface area (Å²) in [5.74, 6) is 1.52. The maximum Gasteiger partial charge on any atom is 0.191 e. The molecule has 3 aromatic heterocycles. The number of nitrogens with zero attached hydrogens (tertiary/aromatic N) is 4. The Labute approximate surface area is 171 Å². The number of hydrogen-bond donors (Lipinski definition) is 2. The van der Waals surface area contributed by atoms with E-state index in [1.165, 1.54) is 0 Å². The molecule has 0 bridgehead atoms. The van der Waals surface area contributed by atoms with Crippen molar-refractivity contribution in [1.29, 1.82) is 0 Å². The topological polar surface area (TPSA) is 79.8 Å². The van der Waals surface area contributed by atoms with Gasteiger partial charge in [0.05, 0.1) is 17.9 Å². The van der Waals surface area contributed by atoms with E-state index in [0.717, 1.165) is 32.8 Å². The van der Waals surface area contributed by atoms with E-state index < -0.39 is 0 Å². The van der Waals surface area contributed by atoms with Gasteiger partial charge in [-0.25, -0.2) is 4.98 Å². The number of pyridine rings is 1. The SMILES string of the molecule is CN=C(NCc1cn2cc(Br)ccc2n1)NCc1c(C)noc1C.I. The van der Waals surface area contributed by atoms with Crippen LogP contribution in [0.15, 0.2) is 38.5 Å². The molecular weight excluding hydrogens is 499 g/mol. The third kappa shape index (κ3) is 4.72. The average Bonchev–Trinajstić information content (AvgIpc) is 3.11. The lowest BCUT2D eigenvalue weighted by Gasteiger charge is -2.10. The summed E-state index contributed by atoms with van der Waals surface area (Å²) in [6, 6.07) is 3.95. The van der Waals surface area contributed by atoms with Crippen molar-refractivity contribution in [3.8, 4) is 0 Å². The Morgan fingerprint density at radius 3 is 2.68 bits per heavy atom. The number of rotatable bonds is 4. The monoisotopic (exact) mass is 518 g/mol. The predicted molar refractivity (Wildman–Crippen MR) is 111 cm³/mol. The van der Waals surface area contributed by atoms with Crippen molar-refractivity contribution in [3.63, 3.8) is 0 Å². The number of hydrogen-bond acceptors (Lipinski definition) is 4. The normalized spacial score (nSPS) is 11.4. The van der Waals surface area contributed by atoms with E-state index in [4.69, 9.17) is 4.52 Å². The molecule has 0 fully saturated rings.